The first kappa shape index (κ1) is 24.8. The third kappa shape index (κ3) is 5.45. The molecular formula is C30H28F3N3O. The van der Waals surface area contributed by atoms with E-state index in [0.29, 0.717) is 32.5 Å². The van der Waals surface area contributed by atoms with Crippen LogP contribution in [0.4, 0.5) is 18.9 Å². The molecule has 7 heteroatoms. The molecule has 3 aromatic carbocycles. The minimum absolute atomic E-state index is 0.00636. The van der Waals surface area contributed by atoms with Crippen molar-refractivity contribution in [1.82, 2.24) is 10.3 Å². The van der Waals surface area contributed by atoms with Gasteiger partial charge in [0.05, 0.1) is 5.56 Å². The molecule has 1 aliphatic heterocycles. The Balaban J connectivity index is 1.22. The van der Waals surface area contributed by atoms with Crippen molar-refractivity contribution in [3.8, 4) is 11.1 Å². The van der Waals surface area contributed by atoms with Crippen molar-refractivity contribution in [3.63, 3.8) is 0 Å². The lowest BCUT2D eigenvalue weighted by molar-refractivity contribution is -0.137. The molecule has 1 N–H and O–H groups in total. The van der Waals surface area contributed by atoms with E-state index >= 15 is 0 Å². The average Bonchev–Trinajstić information content (AvgIpc) is 2.91. The lowest BCUT2D eigenvalue weighted by Gasteiger charge is -2.33. The van der Waals surface area contributed by atoms with Gasteiger partial charge in [0.15, 0.2) is 0 Å². The monoisotopic (exact) mass is 503 g/mol. The zero-order chi connectivity index (χ0) is 26.0. The first-order chi connectivity index (χ1) is 17.8. The smallest absolute Gasteiger partial charge is 0.371 e. The van der Waals surface area contributed by atoms with Gasteiger partial charge in [-0.3, -0.25) is 9.78 Å². The lowest BCUT2D eigenvalue weighted by atomic mass is 9.94. The fourth-order valence-electron chi connectivity index (χ4n) is 5.05. The van der Waals surface area contributed by atoms with Crippen LogP contribution in [-0.2, 0) is 17.5 Å². The summed E-state index contributed by atoms with van der Waals surface area (Å²) in [4.78, 5) is 19.3. The highest BCUT2D eigenvalue weighted by Gasteiger charge is 2.31. The molecule has 37 heavy (non-hydrogen) atoms. The number of carbonyl (C=O) groups is 1. The summed E-state index contributed by atoms with van der Waals surface area (Å²) < 4.78 is 38.5. The summed E-state index contributed by atoms with van der Waals surface area (Å²) in [5, 5.41) is 5.21. The lowest BCUT2D eigenvalue weighted by Crippen LogP contribution is -2.40. The number of nitrogens with one attached hydrogen (secondary N) is 1. The number of fused-ring (bicyclic) bond motifs is 1. The molecule has 1 aliphatic rings. The summed E-state index contributed by atoms with van der Waals surface area (Å²) in [6.07, 6.45) is 0.599. The number of carbonyl (C=O) groups excluding carboxylic acids is 1. The zero-order valence-electron chi connectivity index (χ0n) is 20.6. The highest BCUT2D eigenvalue weighted by molar-refractivity contribution is 5.98. The van der Waals surface area contributed by atoms with Crippen LogP contribution in [0.1, 0.15) is 29.5 Å². The van der Waals surface area contributed by atoms with Crippen molar-refractivity contribution in [3.05, 3.63) is 95.8 Å². The second-order valence-electron chi connectivity index (χ2n) is 9.59. The standard InChI is InChI=1S/C30H28F3N3O/c1-20-3-2-4-22(17-20)26-10-5-23(28-19-34-14-11-27(26)28)18-35-29(37)21-12-15-36(16-13-21)25-8-6-24(7-9-25)30(31,32)33/h2-11,14,17,19,21H,12-13,15-16,18H2,1H3,(H,35,37). The maximum atomic E-state index is 13.0. The minimum Gasteiger partial charge on any atom is -0.371 e. The van der Waals surface area contributed by atoms with Gasteiger partial charge in [-0.15, -0.1) is 0 Å². The van der Waals surface area contributed by atoms with Crippen LogP contribution in [0.3, 0.4) is 0 Å². The number of pyridine rings is 1. The predicted octanol–water partition coefficient (Wildman–Crippen LogP) is 6.76. The fraction of sp³-hybridized carbons (Fsp3) is 0.267. The van der Waals surface area contributed by atoms with Gasteiger partial charge in [0, 0.05) is 49.0 Å². The highest BCUT2D eigenvalue weighted by Crippen LogP contribution is 2.33. The van der Waals surface area contributed by atoms with E-state index in [0.717, 1.165) is 45.3 Å². The van der Waals surface area contributed by atoms with Crippen LogP contribution < -0.4 is 10.2 Å². The van der Waals surface area contributed by atoms with Crippen molar-refractivity contribution < 1.29 is 18.0 Å². The summed E-state index contributed by atoms with van der Waals surface area (Å²) in [6.45, 7) is 3.74. The molecule has 4 nitrogen and oxygen atoms in total. The molecule has 2 heterocycles. The highest BCUT2D eigenvalue weighted by atomic mass is 19.4. The van der Waals surface area contributed by atoms with Gasteiger partial charge in [-0.1, -0.05) is 42.0 Å². The van der Waals surface area contributed by atoms with Crippen molar-refractivity contribution >= 4 is 22.4 Å². The molecule has 5 rings (SSSR count). The number of aromatic nitrogens is 1. The molecule has 0 bridgehead atoms. The number of hydrogen-bond acceptors (Lipinski definition) is 3. The van der Waals surface area contributed by atoms with Gasteiger partial charge in [0.2, 0.25) is 5.91 Å². The molecule has 190 valence electrons. The molecule has 1 saturated heterocycles. The summed E-state index contributed by atoms with van der Waals surface area (Å²) in [6, 6.07) is 19.8. The number of aryl methyl sites for hydroxylation is 1. The number of nitrogens with zero attached hydrogens (tertiary/aromatic N) is 2. The number of piperidine rings is 1. The largest absolute Gasteiger partial charge is 0.416 e. The van der Waals surface area contributed by atoms with E-state index in [2.05, 4.69) is 53.6 Å². The molecule has 1 aromatic heterocycles. The van der Waals surface area contributed by atoms with Gasteiger partial charge in [0.1, 0.15) is 0 Å². The van der Waals surface area contributed by atoms with Crippen molar-refractivity contribution in [1.29, 1.82) is 0 Å². The third-order valence-electron chi connectivity index (χ3n) is 7.12. The Morgan fingerprint density at radius 3 is 2.46 bits per heavy atom. The first-order valence-electron chi connectivity index (χ1n) is 12.4. The van der Waals surface area contributed by atoms with Gasteiger partial charge >= 0.3 is 6.18 Å². The number of benzene rings is 3. The zero-order valence-corrected chi connectivity index (χ0v) is 20.6. The molecule has 0 radical (unpaired) electrons. The van der Waals surface area contributed by atoms with E-state index in [1.54, 1.807) is 6.20 Å². The van der Waals surface area contributed by atoms with Crippen LogP contribution in [0.25, 0.3) is 21.9 Å². The predicted molar refractivity (Wildman–Crippen MR) is 140 cm³/mol. The maximum Gasteiger partial charge on any atom is 0.416 e. The van der Waals surface area contributed by atoms with Gasteiger partial charge in [-0.2, -0.15) is 13.2 Å². The van der Waals surface area contributed by atoms with Crippen LogP contribution >= 0.6 is 0 Å². The number of halogens is 3. The molecule has 0 saturated carbocycles. The Morgan fingerprint density at radius 1 is 1.00 bits per heavy atom. The Bertz CT molecular complexity index is 1410. The number of anilines is 1. The average molecular weight is 504 g/mol. The second kappa shape index (κ2) is 10.2. The normalized spacial score (nSPS) is 14.6. The Labute approximate surface area is 214 Å². The SMILES string of the molecule is Cc1cccc(-c2ccc(CNC(=O)C3CCN(c4ccc(C(F)(F)F)cc4)CC3)c3cnccc23)c1. The van der Waals surface area contributed by atoms with Crippen molar-refractivity contribution in [2.45, 2.75) is 32.5 Å². The van der Waals surface area contributed by atoms with E-state index < -0.39 is 11.7 Å². The Hall–Kier alpha value is -3.87. The molecule has 1 amide bonds. The van der Waals surface area contributed by atoms with Crippen molar-refractivity contribution in [2.75, 3.05) is 18.0 Å². The van der Waals surface area contributed by atoms with E-state index in [-0.39, 0.29) is 11.8 Å². The molecule has 0 unspecified atom stereocenters. The summed E-state index contributed by atoms with van der Waals surface area (Å²) in [5.41, 5.74) is 4.58. The van der Waals surface area contributed by atoms with Crippen molar-refractivity contribution in [2.24, 2.45) is 5.92 Å². The number of hydrogen-bond donors (Lipinski definition) is 1. The molecule has 0 aliphatic carbocycles. The number of rotatable bonds is 5. The van der Waals surface area contributed by atoms with E-state index in [9.17, 15) is 18.0 Å². The van der Waals surface area contributed by atoms with Gasteiger partial charge in [-0.25, -0.2) is 0 Å². The van der Waals surface area contributed by atoms with Gasteiger partial charge in [0.25, 0.3) is 0 Å². The third-order valence-corrected chi connectivity index (χ3v) is 7.12. The maximum absolute atomic E-state index is 13.0. The van der Waals surface area contributed by atoms with Crippen LogP contribution in [0.2, 0.25) is 0 Å². The van der Waals surface area contributed by atoms with E-state index in [1.807, 2.05) is 17.2 Å². The topological polar surface area (TPSA) is 45.2 Å². The number of amides is 1. The quantitative estimate of drug-likeness (QED) is 0.327. The first-order valence-corrected chi connectivity index (χ1v) is 12.4. The Kier molecular flexibility index (Phi) is 6.87. The van der Waals surface area contributed by atoms with Crippen LogP contribution in [0, 0.1) is 12.8 Å². The molecule has 4 aromatic rings. The van der Waals surface area contributed by atoms with Gasteiger partial charge < -0.3 is 10.2 Å². The molecule has 1 fully saturated rings. The summed E-state index contributed by atoms with van der Waals surface area (Å²) in [5.74, 6) is -0.117. The van der Waals surface area contributed by atoms with Crippen LogP contribution in [0.5, 0.6) is 0 Å². The van der Waals surface area contributed by atoms with E-state index in [1.165, 1.54) is 17.7 Å². The molecule has 0 atom stereocenters. The van der Waals surface area contributed by atoms with Crippen LogP contribution in [-0.4, -0.2) is 24.0 Å². The number of alkyl halides is 3. The van der Waals surface area contributed by atoms with Gasteiger partial charge in [-0.05, 0) is 72.2 Å². The Morgan fingerprint density at radius 2 is 1.76 bits per heavy atom. The fourth-order valence-corrected chi connectivity index (χ4v) is 5.05. The molecular weight excluding hydrogens is 475 g/mol. The molecule has 0 spiro atoms. The van der Waals surface area contributed by atoms with E-state index in [4.69, 9.17) is 0 Å². The summed E-state index contributed by atoms with van der Waals surface area (Å²) in [7, 11) is 0. The van der Waals surface area contributed by atoms with Crippen LogP contribution in [0.15, 0.2) is 79.1 Å². The summed E-state index contributed by atoms with van der Waals surface area (Å²) >= 11 is 0. The minimum atomic E-state index is -4.34. The second-order valence-corrected chi connectivity index (χ2v) is 9.59.